The number of thiazole rings is 1. The molecule has 4 rings (SSSR count). The quantitative estimate of drug-likeness (QED) is 0.439. The number of hydrogen-bond donors (Lipinski definition) is 2. The first-order valence-corrected chi connectivity index (χ1v) is 9.82. The molecule has 0 saturated heterocycles. The van der Waals surface area contributed by atoms with Gasteiger partial charge in [0.05, 0.1) is 10.6 Å². The molecule has 0 spiro atoms. The van der Waals surface area contributed by atoms with Gasteiger partial charge in [-0.05, 0) is 56.2 Å². The number of nitro groups is 1. The standard InChI is InChI=1S/C20H17FN4O3S/c1-11-18(12-2-5-14(21)6-3-12)23-20(29-11)24-19(26)13-4-9-16(22-15-7-8-15)17(10-13)25(27)28/h2-6,9-10,15,22H,7-8H2,1H3,(H,23,24,26). The van der Waals surface area contributed by atoms with Gasteiger partial charge in [0.1, 0.15) is 11.5 Å². The monoisotopic (exact) mass is 412 g/mol. The summed E-state index contributed by atoms with van der Waals surface area (Å²) in [7, 11) is 0. The van der Waals surface area contributed by atoms with Gasteiger partial charge in [-0.25, -0.2) is 9.37 Å². The number of halogens is 1. The molecule has 1 amide bonds. The van der Waals surface area contributed by atoms with Gasteiger partial charge in [-0.1, -0.05) is 0 Å². The number of carbonyl (C=O) groups is 1. The van der Waals surface area contributed by atoms with Crippen molar-refractivity contribution in [3.8, 4) is 11.3 Å². The largest absolute Gasteiger partial charge is 0.377 e. The maximum absolute atomic E-state index is 13.1. The fraction of sp³-hybridized carbons (Fsp3) is 0.200. The third-order valence-electron chi connectivity index (χ3n) is 4.53. The number of aromatic nitrogens is 1. The van der Waals surface area contributed by atoms with Crippen LogP contribution in [0.4, 0.5) is 20.9 Å². The highest BCUT2D eigenvalue weighted by molar-refractivity contribution is 7.16. The molecule has 9 heteroatoms. The van der Waals surface area contributed by atoms with E-state index < -0.39 is 10.8 Å². The third-order valence-corrected chi connectivity index (χ3v) is 5.41. The van der Waals surface area contributed by atoms with Crippen LogP contribution in [0.3, 0.4) is 0 Å². The molecular formula is C20H17FN4O3S. The molecule has 2 aromatic carbocycles. The van der Waals surface area contributed by atoms with Crippen LogP contribution in [0.25, 0.3) is 11.3 Å². The zero-order chi connectivity index (χ0) is 20.5. The second-order valence-corrected chi connectivity index (χ2v) is 8.00. The van der Waals surface area contributed by atoms with E-state index in [9.17, 15) is 19.3 Å². The summed E-state index contributed by atoms with van der Waals surface area (Å²) in [5, 5.41) is 17.5. The van der Waals surface area contributed by atoms with Gasteiger partial charge < -0.3 is 5.32 Å². The molecule has 29 heavy (non-hydrogen) atoms. The van der Waals surface area contributed by atoms with Crippen molar-refractivity contribution < 1.29 is 14.1 Å². The number of nitro benzene ring substituents is 1. The molecule has 0 radical (unpaired) electrons. The van der Waals surface area contributed by atoms with Gasteiger partial charge in [0.15, 0.2) is 5.13 Å². The predicted octanol–water partition coefficient (Wildman–Crippen LogP) is 4.99. The van der Waals surface area contributed by atoms with Crippen LogP contribution in [0.15, 0.2) is 42.5 Å². The zero-order valence-corrected chi connectivity index (χ0v) is 16.3. The Morgan fingerprint density at radius 1 is 1.24 bits per heavy atom. The second kappa shape index (κ2) is 7.59. The Morgan fingerprint density at radius 3 is 2.62 bits per heavy atom. The molecule has 1 heterocycles. The number of rotatable bonds is 6. The number of benzene rings is 2. The molecule has 1 fully saturated rings. The van der Waals surface area contributed by atoms with Crippen molar-refractivity contribution in [2.75, 3.05) is 10.6 Å². The van der Waals surface area contributed by atoms with Gasteiger partial charge in [-0.2, -0.15) is 0 Å². The Bertz CT molecular complexity index is 1090. The summed E-state index contributed by atoms with van der Waals surface area (Å²) in [5.74, 6) is -0.818. The molecule has 0 bridgehead atoms. The molecule has 1 aromatic heterocycles. The number of aryl methyl sites for hydroxylation is 1. The van der Waals surface area contributed by atoms with Crippen molar-refractivity contribution >= 4 is 33.8 Å². The highest BCUT2D eigenvalue weighted by Gasteiger charge is 2.25. The average molecular weight is 412 g/mol. The van der Waals surface area contributed by atoms with E-state index in [1.54, 1.807) is 24.3 Å². The molecule has 1 saturated carbocycles. The highest BCUT2D eigenvalue weighted by atomic mass is 32.1. The van der Waals surface area contributed by atoms with Crippen LogP contribution >= 0.6 is 11.3 Å². The first kappa shape index (κ1) is 19.0. The summed E-state index contributed by atoms with van der Waals surface area (Å²) < 4.78 is 13.1. The lowest BCUT2D eigenvalue weighted by Crippen LogP contribution is -2.13. The number of hydrogen-bond acceptors (Lipinski definition) is 6. The Labute approximate surface area is 169 Å². The van der Waals surface area contributed by atoms with Crippen molar-refractivity contribution in [2.24, 2.45) is 0 Å². The van der Waals surface area contributed by atoms with E-state index >= 15 is 0 Å². The van der Waals surface area contributed by atoms with Gasteiger partial charge in [0.2, 0.25) is 0 Å². The van der Waals surface area contributed by atoms with E-state index in [1.165, 1.54) is 29.5 Å². The van der Waals surface area contributed by atoms with Crippen LogP contribution in [-0.2, 0) is 0 Å². The minimum atomic E-state index is -0.498. The van der Waals surface area contributed by atoms with Crippen LogP contribution in [0.2, 0.25) is 0 Å². The van der Waals surface area contributed by atoms with Gasteiger partial charge in [0.25, 0.3) is 11.6 Å². The lowest BCUT2D eigenvalue weighted by atomic mass is 10.1. The Morgan fingerprint density at radius 2 is 1.97 bits per heavy atom. The number of nitrogens with zero attached hydrogens (tertiary/aromatic N) is 2. The van der Waals surface area contributed by atoms with Crippen LogP contribution in [-0.4, -0.2) is 21.9 Å². The molecule has 7 nitrogen and oxygen atoms in total. The zero-order valence-electron chi connectivity index (χ0n) is 15.4. The van der Waals surface area contributed by atoms with Crippen LogP contribution < -0.4 is 10.6 Å². The summed E-state index contributed by atoms with van der Waals surface area (Å²) in [6.07, 6.45) is 1.97. The predicted molar refractivity (Wildman–Crippen MR) is 110 cm³/mol. The topological polar surface area (TPSA) is 97.2 Å². The molecular weight excluding hydrogens is 395 g/mol. The van der Waals surface area contributed by atoms with E-state index in [-0.39, 0.29) is 23.1 Å². The van der Waals surface area contributed by atoms with E-state index in [0.29, 0.717) is 16.5 Å². The first-order chi connectivity index (χ1) is 13.9. The van der Waals surface area contributed by atoms with Gasteiger partial charge in [0, 0.05) is 28.1 Å². The van der Waals surface area contributed by atoms with E-state index in [2.05, 4.69) is 15.6 Å². The Balaban J connectivity index is 1.55. The summed E-state index contributed by atoms with van der Waals surface area (Å²) >= 11 is 1.28. The number of carbonyl (C=O) groups excluding carboxylic acids is 1. The van der Waals surface area contributed by atoms with E-state index in [4.69, 9.17) is 0 Å². The Kier molecular flexibility index (Phi) is 4.98. The van der Waals surface area contributed by atoms with Crippen LogP contribution in [0.1, 0.15) is 28.1 Å². The SMILES string of the molecule is Cc1sc(NC(=O)c2ccc(NC3CC3)c([N+](=O)[O-])c2)nc1-c1ccc(F)cc1. The molecule has 0 aliphatic heterocycles. The summed E-state index contributed by atoms with van der Waals surface area (Å²) in [4.78, 5) is 28.8. The molecule has 1 aliphatic rings. The van der Waals surface area contributed by atoms with Crippen molar-refractivity contribution in [2.45, 2.75) is 25.8 Å². The molecule has 0 unspecified atom stereocenters. The minimum absolute atomic E-state index is 0.133. The molecule has 1 aliphatic carbocycles. The smallest absolute Gasteiger partial charge is 0.293 e. The normalized spacial score (nSPS) is 13.2. The minimum Gasteiger partial charge on any atom is -0.377 e. The number of anilines is 2. The molecule has 148 valence electrons. The lowest BCUT2D eigenvalue weighted by molar-refractivity contribution is -0.384. The van der Waals surface area contributed by atoms with Gasteiger partial charge >= 0.3 is 0 Å². The maximum atomic E-state index is 13.1. The molecule has 2 N–H and O–H groups in total. The van der Waals surface area contributed by atoms with Crippen molar-refractivity contribution in [1.82, 2.24) is 4.98 Å². The fourth-order valence-corrected chi connectivity index (χ4v) is 3.72. The van der Waals surface area contributed by atoms with Crippen LogP contribution in [0.5, 0.6) is 0 Å². The summed E-state index contributed by atoms with van der Waals surface area (Å²) in [5.41, 5.74) is 1.85. The van der Waals surface area contributed by atoms with Crippen LogP contribution in [0, 0.1) is 22.9 Å². The van der Waals surface area contributed by atoms with Gasteiger partial charge in [-0.15, -0.1) is 11.3 Å². The Hall–Kier alpha value is -3.33. The lowest BCUT2D eigenvalue weighted by Gasteiger charge is -2.07. The average Bonchev–Trinajstić information content (AvgIpc) is 3.43. The molecule has 0 atom stereocenters. The van der Waals surface area contributed by atoms with Crippen molar-refractivity contribution in [3.63, 3.8) is 0 Å². The summed E-state index contributed by atoms with van der Waals surface area (Å²) in [6, 6.07) is 10.6. The summed E-state index contributed by atoms with van der Waals surface area (Å²) in [6.45, 7) is 1.86. The molecule has 3 aromatic rings. The highest BCUT2D eigenvalue weighted by Crippen LogP contribution is 2.33. The second-order valence-electron chi connectivity index (χ2n) is 6.79. The van der Waals surface area contributed by atoms with E-state index in [1.807, 2.05) is 6.92 Å². The first-order valence-electron chi connectivity index (χ1n) is 9.00. The van der Waals surface area contributed by atoms with E-state index in [0.717, 1.165) is 23.3 Å². The maximum Gasteiger partial charge on any atom is 0.293 e. The van der Waals surface area contributed by atoms with Gasteiger partial charge in [-0.3, -0.25) is 20.2 Å². The number of nitrogens with one attached hydrogen (secondary N) is 2. The van der Waals surface area contributed by atoms with Crippen molar-refractivity contribution in [1.29, 1.82) is 0 Å². The fourth-order valence-electron chi connectivity index (χ4n) is 2.89. The number of amides is 1. The van der Waals surface area contributed by atoms with Crippen molar-refractivity contribution in [3.05, 3.63) is 68.8 Å². The third kappa shape index (κ3) is 4.24.